The van der Waals surface area contributed by atoms with Gasteiger partial charge in [-0.05, 0) is 36.5 Å². The molecule has 5 heteroatoms. The zero-order valence-electron chi connectivity index (χ0n) is 16.1. The minimum absolute atomic E-state index is 0.131. The molecule has 5 rings (SSSR count). The van der Waals surface area contributed by atoms with Crippen molar-refractivity contribution in [3.8, 4) is 11.1 Å². The number of hydrogen-bond acceptors (Lipinski definition) is 4. The quantitative estimate of drug-likeness (QED) is 0.708. The molecule has 2 aliphatic heterocycles. The molecule has 2 atom stereocenters. The first kappa shape index (κ1) is 17.3. The van der Waals surface area contributed by atoms with Crippen LogP contribution in [0, 0.1) is 12.8 Å². The summed E-state index contributed by atoms with van der Waals surface area (Å²) in [5.41, 5.74) is 4.61. The Labute approximate surface area is 164 Å². The molecular weight excluding hydrogens is 348 g/mol. The van der Waals surface area contributed by atoms with E-state index >= 15 is 0 Å². The molecule has 0 unspecified atom stereocenters. The Balaban J connectivity index is 1.44. The lowest BCUT2D eigenvalue weighted by Gasteiger charge is -2.43. The molecule has 4 heterocycles. The molecule has 0 amide bonds. The van der Waals surface area contributed by atoms with Gasteiger partial charge < -0.3 is 4.57 Å². The Bertz CT molecular complexity index is 1040. The number of benzene rings is 1. The summed E-state index contributed by atoms with van der Waals surface area (Å²) in [4.78, 5) is 24.0. The number of likely N-dealkylation sites (tertiary alicyclic amines) is 1. The van der Waals surface area contributed by atoms with Crippen molar-refractivity contribution < 1.29 is 0 Å². The first-order chi connectivity index (χ1) is 13.7. The summed E-state index contributed by atoms with van der Waals surface area (Å²) in [5, 5.41) is 0. The van der Waals surface area contributed by atoms with E-state index in [9.17, 15) is 4.79 Å². The fourth-order valence-electron chi connectivity index (χ4n) is 4.74. The molecule has 2 bridgehead atoms. The Hall–Kier alpha value is -2.79. The zero-order chi connectivity index (χ0) is 19.1. The van der Waals surface area contributed by atoms with Crippen molar-refractivity contribution in [2.24, 2.45) is 5.92 Å². The van der Waals surface area contributed by atoms with Gasteiger partial charge in [0.2, 0.25) is 0 Å². The van der Waals surface area contributed by atoms with Crippen molar-refractivity contribution in [1.29, 1.82) is 0 Å². The van der Waals surface area contributed by atoms with Crippen molar-refractivity contribution in [3.05, 3.63) is 82.3 Å². The van der Waals surface area contributed by atoms with Crippen LogP contribution in [0.4, 0.5) is 0 Å². The van der Waals surface area contributed by atoms with E-state index in [1.807, 2.05) is 42.1 Å². The SMILES string of the molecule is Cc1ncc(CN2C[C@@H]3C[C@H](C2)c2cc(-c4ccccc4)cc(=O)n2C3)cn1. The molecule has 142 valence electrons. The van der Waals surface area contributed by atoms with Crippen LogP contribution in [-0.2, 0) is 13.1 Å². The molecule has 0 spiro atoms. The third-order valence-corrected chi connectivity index (χ3v) is 5.98. The predicted molar refractivity (Wildman–Crippen MR) is 109 cm³/mol. The van der Waals surface area contributed by atoms with E-state index in [0.29, 0.717) is 11.8 Å². The number of fused-ring (bicyclic) bond motifs is 4. The normalized spacial score (nSPS) is 21.3. The minimum Gasteiger partial charge on any atom is -0.312 e. The van der Waals surface area contributed by atoms with Crippen LogP contribution in [0.3, 0.4) is 0 Å². The van der Waals surface area contributed by atoms with Crippen LogP contribution in [0.15, 0.2) is 59.7 Å². The maximum atomic E-state index is 12.8. The predicted octanol–water partition coefficient (Wildman–Crippen LogP) is 3.23. The van der Waals surface area contributed by atoms with Crippen LogP contribution in [0.25, 0.3) is 11.1 Å². The van der Waals surface area contributed by atoms with Crippen LogP contribution in [0.5, 0.6) is 0 Å². The van der Waals surface area contributed by atoms with Crippen LogP contribution < -0.4 is 5.56 Å². The van der Waals surface area contributed by atoms with Crippen molar-refractivity contribution in [2.45, 2.75) is 32.4 Å². The van der Waals surface area contributed by atoms with E-state index in [1.54, 1.807) is 6.07 Å². The van der Waals surface area contributed by atoms with Crippen LogP contribution in [0.1, 0.15) is 29.4 Å². The van der Waals surface area contributed by atoms with Crippen LogP contribution in [-0.4, -0.2) is 32.5 Å². The summed E-state index contributed by atoms with van der Waals surface area (Å²) >= 11 is 0. The maximum absolute atomic E-state index is 12.8. The highest BCUT2D eigenvalue weighted by Crippen LogP contribution is 2.36. The number of nitrogens with zero attached hydrogens (tertiary/aromatic N) is 4. The van der Waals surface area contributed by atoms with Gasteiger partial charge in [0.25, 0.3) is 5.56 Å². The Morgan fingerprint density at radius 2 is 1.79 bits per heavy atom. The lowest BCUT2D eigenvalue weighted by molar-refractivity contribution is 0.114. The van der Waals surface area contributed by atoms with Gasteiger partial charge in [-0.3, -0.25) is 9.69 Å². The third-order valence-electron chi connectivity index (χ3n) is 5.98. The number of piperidine rings is 1. The van der Waals surface area contributed by atoms with Crippen molar-refractivity contribution in [2.75, 3.05) is 13.1 Å². The molecule has 5 nitrogen and oxygen atoms in total. The number of rotatable bonds is 3. The van der Waals surface area contributed by atoms with E-state index in [2.05, 4.69) is 33.1 Å². The number of aromatic nitrogens is 3. The van der Waals surface area contributed by atoms with Gasteiger partial charge in [0.05, 0.1) is 0 Å². The van der Waals surface area contributed by atoms with E-state index in [0.717, 1.165) is 48.7 Å². The Kier molecular flexibility index (Phi) is 4.32. The number of aryl methyl sites for hydroxylation is 1. The van der Waals surface area contributed by atoms with Crippen molar-refractivity contribution >= 4 is 0 Å². The topological polar surface area (TPSA) is 51.0 Å². The monoisotopic (exact) mass is 372 g/mol. The van der Waals surface area contributed by atoms with Gasteiger partial charge in [0.1, 0.15) is 5.82 Å². The molecule has 2 aliphatic rings. The molecule has 28 heavy (non-hydrogen) atoms. The van der Waals surface area contributed by atoms with Gasteiger partial charge in [-0.15, -0.1) is 0 Å². The second kappa shape index (κ2) is 6.99. The average molecular weight is 372 g/mol. The van der Waals surface area contributed by atoms with E-state index in [-0.39, 0.29) is 5.56 Å². The van der Waals surface area contributed by atoms with Gasteiger partial charge in [-0.1, -0.05) is 30.3 Å². The lowest BCUT2D eigenvalue weighted by atomic mass is 9.82. The number of hydrogen-bond donors (Lipinski definition) is 0. The van der Waals surface area contributed by atoms with Crippen LogP contribution >= 0.6 is 0 Å². The standard InChI is InChI=1S/C23H24N4O/c1-16-24-10-18(11-25-16)13-26-12-17-7-21(15-26)22-8-20(9-23(28)27(22)14-17)19-5-3-2-4-6-19/h2-6,8-11,17,21H,7,12-15H2,1H3/t17-,21+/m0/s1. The molecule has 0 N–H and O–H groups in total. The molecule has 3 aromatic rings. The van der Waals surface area contributed by atoms with Gasteiger partial charge in [-0.25, -0.2) is 9.97 Å². The first-order valence-electron chi connectivity index (χ1n) is 9.96. The van der Waals surface area contributed by atoms with Gasteiger partial charge in [0.15, 0.2) is 0 Å². The fraction of sp³-hybridized carbons (Fsp3) is 0.348. The van der Waals surface area contributed by atoms with Gasteiger partial charge in [-0.2, -0.15) is 0 Å². The summed E-state index contributed by atoms with van der Waals surface area (Å²) in [5.74, 6) is 1.73. The Morgan fingerprint density at radius 1 is 1.00 bits per heavy atom. The molecule has 0 radical (unpaired) electrons. The smallest absolute Gasteiger partial charge is 0.251 e. The largest absolute Gasteiger partial charge is 0.312 e. The zero-order valence-corrected chi connectivity index (χ0v) is 16.1. The fourth-order valence-corrected chi connectivity index (χ4v) is 4.74. The van der Waals surface area contributed by atoms with E-state index in [4.69, 9.17) is 0 Å². The highest BCUT2D eigenvalue weighted by Gasteiger charge is 2.34. The van der Waals surface area contributed by atoms with E-state index in [1.165, 1.54) is 12.1 Å². The molecule has 1 fully saturated rings. The summed E-state index contributed by atoms with van der Waals surface area (Å²) in [6.45, 7) is 5.60. The molecule has 1 saturated heterocycles. The number of pyridine rings is 1. The second-order valence-corrected chi connectivity index (χ2v) is 8.12. The molecule has 2 aromatic heterocycles. The summed E-state index contributed by atoms with van der Waals surface area (Å²) in [6, 6.07) is 14.2. The second-order valence-electron chi connectivity index (χ2n) is 8.12. The maximum Gasteiger partial charge on any atom is 0.251 e. The van der Waals surface area contributed by atoms with Crippen molar-refractivity contribution in [1.82, 2.24) is 19.4 Å². The lowest BCUT2D eigenvalue weighted by Crippen LogP contribution is -2.46. The van der Waals surface area contributed by atoms with Gasteiger partial charge in [0, 0.05) is 61.8 Å². The van der Waals surface area contributed by atoms with E-state index < -0.39 is 0 Å². The Morgan fingerprint density at radius 3 is 2.57 bits per heavy atom. The molecule has 0 saturated carbocycles. The third kappa shape index (κ3) is 3.27. The average Bonchev–Trinajstić information content (AvgIpc) is 2.71. The highest BCUT2D eigenvalue weighted by atomic mass is 16.1. The summed E-state index contributed by atoms with van der Waals surface area (Å²) < 4.78 is 2.01. The first-order valence-corrected chi connectivity index (χ1v) is 9.96. The minimum atomic E-state index is 0.131. The van der Waals surface area contributed by atoms with Crippen LogP contribution in [0.2, 0.25) is 0 Å². The summed E-state index contributed by atoms with van der Waals surface area (Å²) in [6.07, 6.45) is 5.02. The highest BCUT2D eigenvalue weighted by molar-refractivity contribution is 5.63. The molecule has 1 aromatic carbocycles. The van der Waals surface area contributed by atoms with Gasteiger partial charge >= 0.3 is 0 Å². The molecular formula is C23H24N4O. The summed E-state index contributed by atoms with van der Waals surface area (Å²) in [7, 11) is 0. The molecule has 0 aliphatic carbocycles. The van der Waals surface area contributed by atoms with Crippen molar-refractivity contribution in [3.63, 3.8) is 0 Å².